The van der Waals surface area contributed by atoms with Gasteiger partial charge in [0.25, 0.3) is 5.56 Å². The van der Waals surface area contributed by atoms with Gasteiger partial charge in [0.05, 0.1) is 6.20 Å². The standard InChI is InChI=1S/C16H17N5O2/c1-11(2)13-8-20(16(23)17-15(13)22)10-21-9-14(18-19-21)12-6-4-3-5-7-12/h3-9,11H,10H2,1-2H3,(H,17,22,23). The fourth-order valence-electron chi connectivity index (χ4n) is 2.31. The van der Waals surface area contributed by atoms with E-state index >= 15 is 0 Å². The normalized spacial score (nSPS) is 11.1. The molecule has 2 heterocycles. The Morgan fingerprint density at radius 3 is 2.57 bits per heavy atom. The molecule has 7 heteroatoms. The highest BCUT2D eigenvalue weighted by molar-refractivity contribution is 5.57. The van der Waals surface area contributed by atoms with Crippen LogP contribution in [0.5, 0.6) is 0 Å². The van der Waals surface area contributed by atoms with E-state index in [9.17, 15) is 9.59 Å². The maximum Gasteiger partial charge on any atom is 0.329 e. The van der Waals surface area contributed by atoms with Gasteiger partial charge in [-0.1, -0.05) is 49.4 Å². The minimum Gasteiger partial charge on any atom is -0.280 e. The van der Waals surface area contributed by atoms with Gasteiger partial charge in [0.1, 0.15) is 12.4 Å². The summed E-state index contributed by atoms with van der Waals surface area (Å²) in [6.07, 6.45) is 3.34. The molecule has 0 bridgehead atoms. The lowest BCUT2D eigenvalue weighted by Crippen LogP contribution is -2.33. The van der Waals surface area contributed by atoms with Gasteiger partial charge in [-0.25, -0.2) is 9.48 Å². The van der Waals surface area contributed by atoms with Gasteiger partial charge in [0.15, 0.2) is 0 Å². The molecule has 2 aromatic heterocycles. The summed E-state index contributed by atoms with van der Waals surface area (Å²) in [6.45, 7) is 4.00. The molecule has 0 radical (unpaired) electrons. The number of nitrogens with one attached hydrogen (secondary N) is 1. The topological polar surface area (TPSA) is 85.6 Å². The lowest BCUT2D eigenvalue weighted by Gasteiger charge is -2.09. The van der Waals surface area contributed by atoms with Crippen molar-refractivity contribution in [3.05, 3.63) is 69.1 Å². The quantitative estimate of drug-likeness (QED) is 0.789. The lowest BCUT2D eigenvalue weighted by atomic mass is 10.1. The SMILES string of the molecule is CC(C)c1cn(Cn2cc(-c3ccccc3)nn2)c(=O)[nH]c1=O. The monoisotopic (exact) mass is 311 g/mol. The Morgan fingerprint density at radius 1 is 1.13 bits per heavy atom. The van der Waals surface area contributed by atoms with Crippen LogP contribution >= 0.6 is 0 Å². The number of nitrogens with zero attached hydrogens (tertiary/aromatic N) is 4. The molecule has 0 aliphatic rings. The van der Waals surface area contributed by atoms with Crippen molar-refractivity contribution in [2.45, 2.75) is 26.4 Å². The second-order valence-electron chi connectivity index (χ2n) is 5.62. The van der Waals surface area contributed by atoms with Crippen molar-refractivity contribution in [1.82, 2.24) is 24.5 Å². The Morgan fingerprint density at radius 2 is 1.87 bits per heavy atom. The molecule has 0 fully saturated rings. The maximum atomic E-state index is 11.9. The summed E-state index contributed by atoms with van der Waals surface area (Å²) in [6, 6.07) is 9.67. The van der Waals surface area contributed by atoms with Crippen molar-refractivity contribution < 1.29 is 0 Å². The number of hydrogen-bond donors (Lipinski definition) is 1. The molecule has 1 N–H and O–H groups in total. The van der Waals surface area contributed by atoms with Crippen LogP contribution < -0.4 is 11.2 Å². The Kier molecular flexibility index (Phi) is 3.92. The maximum absolute atomic E-state index is 11.9. The Labute approximate surface area is 132 Å². The third-order valence-electron chi connectivity index (χ3n) is 3.57. The molecular weight excluding hydrogens is 294 g/mol. The van der Waals surface area contributed by atoms with E-state index in [1.807, 2.05) is 44.2 Å². The summed E-state index contributed by atoms with van der Waals surface area (Å²) in [7, 11) is 0. The number of rotatable bonds is 4. The second-order valence-corrected chi connectivity index (χ2v) is 5.62. The molecule has 0 atom stereocenters. The third kappa shape index (κ3) is 3.13. The summed E-state index contributed by atoms with van der Waals surface area (Å²) >= 11 is 0. The number of benzene rings is 1. The van der Waals surface area contributed by atoms with Gasteiger partial charge in [-0.2, -0.15) is 0 Å². The smallest absolute Gasteiger partial charge is 0.280 e. The average molecular weight is 311 g/mol. The summed E-state index contributed by atoms with van der Waals surface area (Å²) < 4.78 is 2.98. The minimum absolute atomic E-state index is 0.0289. The van der Waals surface area contributed by atoms with E-state index in [1.165, 1.54) is 4.57 Å². The highest BCUT2D eigenvalue weighted by atomic mass is 16.2. The van der Waals surface area contributed by atoms with Crippen LogP contribution in [0, 0.1) is 0 Å². The zero-order chi connectivity index (χ0) is 16.4. The van der Waals surface area contributed by atoms with Gasteiger partial charge < -0.3 is 0 Å². The van der Waals surface area contributed by atoms with Crippen molar-refractivity contribution in [2.75, 3.05) is 0 Å². The van der Waals surface area contributed by atoms with Crippen molar-refractivity contribution >= 4 is 0 Å². The molecule has 0 spiro atoms. The van der Waals surface area contributed by atoms with Crippen molar-refractivity contribution in [3.63, 3.8) is 0 Å². The first kappa shape index (κ1) is 15.0. The van der Waals surface area contributed by atoms with E-state index in [-0.39, 0.29) is 18.1 Å². The molecule has 7 nitrogen and oxygen atoms in total. The third-order valence-corrected chi connectivity index (χ3v) is 3.57. The van der Waals surface area contributed by atoms with Crippen molar-refractivity contribution in [3.8, 4) is 11.3 Å². The molecule has 0 aliphatic heterocycles. The summed E-state index contributed by atoms with van der Waals surface area (Å²) in [5, 5.41) is 8.15. The van der Waals surface area contributed by atoms with Gasteiger partial charge in [-0.3, -0.25) is 14.3 Å². The Bertz CT molecular complexity index is 921. The van der Waals surface area contributed by atoms with Crippen LogP contribution in [0.2, 0.25) is 0 Å². The lowest BCUT2D eigenvalue weighted by molar-refractivity contribution is 0.504. The van der Waals surface area contributed by atoms with Crippen LogP contribution in [0.1, 0.15) is 25.3 Å². The molecule has 0 saturated heterocycles. The molecule has 1 aromatic carbocycles. The number of hydrogen-bond acceptors (Lipinski definition) is 4. The first-order chi connectivity index (χ1) is 11.0. The second kappa shape index (κ2) is 6.04. The van der Waals surface area contributed by atoms with Crippen LogP contribution in [0.4, 0.5) is 0 Å². The van der Waals surface area contributed by atoms with Crippen LogP contribution in [-0.2, 0) is 6.67 Å². The minimum atomic E-state index is -0.462. The van der Waals surface area contributed by atoms with Crippen molar-refractivity contribution in [1.29, 1.82) is 0 Å². The number of H-pyrrole nitrogens is 1. The van der Waals surface area contributed by atoms with Gasteiger partial charge in [-0.15, -0.1) is 5.10 Å². The van der Waals surface area contributed by atoms with E-state index in [0.29, 0.717) is 5.56 Å². The first-order valence-electron chi connectivity index (χ1n) is 7.34. The molecule has 0 amide bonds. The number of aromatic nitrogens is 5. The van der Waals surface area contributed by atoms with Gasteiger partial charge >= 0.3 is 5.69 Å². The fraction of sp³-hybridized carbons (Fsp3) is 0.250. The Hall–Kier alpha value is -2.96. The largest absolute Gasteiger partial charge is 0.329 e. The van der Waals surface area contributed by atoms with Gasteiger partial charge in [0.2, 0.25) is 0 Å². The van der Waals surface area contributed by atoms with Gasteiger partial charge in [-0.05, 0) is 5.92 Å². The van der Waals surface area contributed by atoms with E-state index < -0.39 is 5.69 Å². The van der Waals surface area contributed by atoms with Crippen LogP contribution in [0.15, 0.2) is 52.3 Å². The highest BCUT2D eigenvalue weighted by Crippen LogP contribution is 2.14. The van der Waals surface area contributed by atoms with Crippen LogP contribution in [0.25, 0.3) is 11.3 Å². The zero-order valence-corrected chi connectivity index (χ0v) is 12.9. The molecule has 118 valence electrons. The molecule has 23 heavy (non-hydrogen) atoms. The van der Waals surface area contributed by atoms with Crippen LogP contribution in [-0.4, -0.2) is 24.5 Å². The van der Waals surface area contributed by atoms with Crippen LogP contribution in [0.3, 0.4) is 0 Å². The van der Waals surface area contributed by atoms with Crippen molar-refractivity contribution in [2.24, 2.45) is 0 Å². The number of aromatic amines is 1. The summed E-state index contributed by atoms with van der Waals surface area (Å²) in [4.78, 5) is 26.1. The summed E-state index contributed by atoms with van der Waals surface area (Å²) in [5.41, 5.74) is 1.44. The first-order valence-corrected chi connectivity index (χ1v) is 7.34. The predicted octanol–water partition coefficient (Wildman–Crippen LogP) is 1.42. The molecule has 0 saturated carbocycles. The van der Waals surface area contributed by atoms with E-state index in [4.69, 9.17) is 0 Å². The predicted molar refractivity (Wildman–Crippen MR) is 86.3 cm³/mol. The molecule has 3 aromatic rings. The molecule has 0 aliphatic carbocycles. The Balaban J connectivity index is 1.91. The van der Waals surface area contributed by atoms with Gasteiger partial charge in [0, 0.05) is 17.3 Å². The summed E-state index contributed by atoms with van der Waals surface area (Å²) in [5.74, 6) is 0.0289. The average Bonchev–Trinajstić information content (AvgIpc) is 2.99. The molecule has 3 rings (SSSR count). The fourth-order valence-corrected chi connectivity index (χ4v) is 2.31. The van der Waals surface area contributed by atoms with E-state index in [0.717, 1.165) is 11.3 Å². The zero-order valence-electron chi connectivity index (χ0n) is 12.9. The van der Waals surface area contributed by atoms with E-state index in [2.05, 4.69) is 15.3 Å². The highest BCUT2D eigenvalue weighted by Gasteiger charge is 2.09. The van der Waals surface area contributed by atoms with E-state index in [1.54, 1.807) is 17.1 Å². The molecule has 0 unspecified atom stereocenters. The molecular formula is C16H17N5O2.